The van der Waals surface area contributed by atoms with Crippen LogP contribution in [0, 0.1) is 0 Å². The zero-order valence-corrected chi connectivity index (χ0v) is 16.4. The fraction of sp³-hybridized carbons (Fsp3) is 0.286. The first-order chi connectivity index (χ1) is 14.0. The number of methoxy groups -OCH3 is 3. The first-order valence-electron chi connectivity index (χ1n) is 8.76. The van der Waals surface area contributed by atoms with Crippen LogP contribution in [0.5, 0.6) is 23.0 Å². The second-order valence-corrected chi connectivity index (χ2v) is 5.85. The zero-order valence-electron chi connectivity index (χ0n) is 16.4. The summed E-state index contributed by atoms with van der Waals surface area (Å²) in [5.74, 6) is 1.15. The van der Waals surface area contributed by atoms with Gasteiger partial charge in [-0.25, -0.2) is 0 Å². The van der Waals surface area contributed by atoms with Gasteiger partial charge < -0.3 is 24.3 Å². The molecule has 0 spiro atoms. The molecule has 1 N–H and O–H groups in total. The summed E-state index contributed by atoms with van der Waals surface area (Å²) >= 11 is 0. The largest absolute Gasteiger partial charge is 0.497 e. The van der Waals surface area contributed by atoms with Crippen molar-refractivity contribution in [2.45, 2.75) is 13.0 Å². The van der Waals surface area contributed by atoms with E-state index in [9.17, 15) is 13.6 Å². The lowest BCUT2D eigenvalue weighted by Crippen LogP contribution is -2.23. The summed E-state index contributed by atoms with van der Waals surface area (Å²) in [6.45, 7) is -2.56. The van der Waals surface area contributed by atoms with Gasteiger partial charge in [0.25, 0.3) is 0 Å². The maximum atomic E-state index is 12.4. The summed E-state index contributed by atoms with van der Waals surface area (Å²) in [7, 11) is 4.47. The van der Waals surface area contributed by atoms with Gasteiger partial charge in [-0.2, -0.15) is 8.78 Å². The molecule has 0 radical (unpaired) electrons. The maximum absolute atomic E-state index is 12.4. The Bertz CT molecular complexity index is 855. The van der Waals surface area contributed by atoms with E-state index in [1.165, 1.54) is 26.4 Å². The molecule has 0 saturated carbocycles. The minimum atomic E-state index is -2.93. The second kappa shape index (κ2) is 10.9. The standard InChI is InChI=1S/C21H23F2NO5/c1-26-16-7-5-15(18(13-16)27-2)6-9-20(25)24-11-10-14-4-8-17(29-21(22)23)19(12-14)28-3/h4-9,12-13,21H,10-11H2,1-3H3,(H,24,25)/b9-6+. The minimum absolute atomic E-state index is 0.0355. The molecular formula is C21H23F2NO5. The quantitative estimate of drug-likeness (QED) is 0.609. The third-order valence-electron chi connectivity index (χ3n) is 4.01. The van der Waals surface area contributed by atoms with Crippen LogP contribution < -0.4 is 24.3 Å². The predicted octanol–water partition coefficient (Wildman–Crippen LogP) is 3.69. The number of nitrogens with one attached hydrogen (secondary N) is 1. The maximum Gasteiger partial charge on any atom is 0.387 e. The van der Waals surface area contributed by atoms with Crippen LogP contribution in [0.4, 0.5) is 8.78 Å². The molecule has 0 aliphatic heterocycles. The van der Waals surface area contributed by atoms with Crippen LogP contribution in [0.2, 0.25) is 0 Å². The van der Waals surface area contributed by atoms with E-state index in [0.29, 0.717) is 24.5 Å². The number of carbonyl (C=O) groups is 1. The number of hydrogen-bond acceptors (Lipinski definition) is 5. The monoisotopic (exact) mass is 407 g/mol. The number of rotatable bonds is 10. The lowest BCUT2D eigenvalue weighted by atomic mass is 10.1. The summed E-state index contributed by atoms with van der Waals surface area (Å²) < 4.78 is 44.6. The molecule has 29 heavy (non-hydrogen) atoms. The van der Waals surface area contributed by atoms with Crippen molar-refractivity contribution in [1.29, 1.82) is 0 Å². The van der Waals surface area contributed by atoms with Gasteiger partial charge in [0, 0.05) is 24.3 Å². The Labute approximate surface area is 168 Å². The number of halogens is 2. The molecule has 8 heteroatoms. The van der Waals surface area contributed by atoms with E-state index in [-0.39, 0.29) is 17.4 Å². The van der Waals surface area contributed by atoms with Crippen molar-refractivity contribution in [3.63, 3.8) is 0 Å². The second-order valence-electron chi connectivity index (χ2n) is 5.85. The van der Waals surface area contributed by atoms with Gasteiger partial charge in [0.15, 0.2) is 11.5 Å². The third-order valence-corrected chi connectivity index (χ3v) is 4.01. The molecule has 0 fully saturated rings. The third kappa shape index (κ3) is 6.67. The van der Waals surface area contributed by atoms with E-state index in [2.05, 4.69) is 10.1 Å². The number of ether oxygens (including phenoxy) is 4. The molecule has 0 unspecified atom stereocenters. The smallest absolute Gasteiger partial charge is 0.387 e. The Kier molecular flexibility index (Phi) is 8.27. The summed E-state index contributed by atoms with van der Waals surface area (Å²) in [4.78, 5) is 12.0. The van der Waals surface area contributed by atoms with Crippen molar-refractivity contribution in [2.75, 3.05) is 27.9 Å². The van der Waals surface area contributed by atoms with E-state index in [1.807, 2.05) is 0 Å². The van der Waals surface area contributed by atoms with Crippen LogP contribution in [-0.4, -0.2) is 40.4 Å². The van der Waals surface area contributed by atoms with Gasteiger partial charge in [-0.1, -0.05) is 6.07 Å². The fourth-order valence-corrected chi connectivity index (χ4v) is 2.57. The highest BCUT2D eigenvalue weighted by Crippen LogP contribution is 2.29. The topological polar surface area (TPSA) is 66.0 Å². The molecule has 6 nitrogen and oxygen atoms in total. The molecule has 2 aromatic carbocycles. The molecule has 1 amide bonds. The van der Waals surface area contributed by atoms with Gasteiger partial charge in [-0.15, -0.1) is 0 Å². The number of benzene rings is 2. The normalized spacial score (nSPS) is 10.8. The molecule has 0 heterocycles. The molecule has 0 saturated heterocycles. The van der Waals surface area contributed by atoms with Gasteiger partial charge in [0.05, 0.1) is 21.3 Å². The Morgan fingerprint density at radius 2 is 1.76 bits per heavy atom. The predicted molar refractivity (Wildman–Crippen MR) is 105 cm³/mol. The van der Waals surface area contributed by atoms with Crippen LogP contribution in [0.3, 0.4) is 0 Å². The van der Waals surface area contributed by atoms with E-state index in [1.54, 1.807) is 43.5 Å². The molecule has 0 aliphatic carbocycles. The zero-order chi connectivity index (χ0) is 21.2. The van der Waals surface area contributed by atoms with Crippen molar-refractivity contribution in [3.8, 4) is 23.0 Å². The highest BCUT2D eigenvalue weighted by molar-refractivity contribution is 5.92. The molecule has 0 atom stereocenters. The number of alkyl halides is 2. The Morgan fingerprint density at radius 3 is 2.41 bits per heavy atom. The molecular weight excluding hydrogens is 384 g/mol. The average molecular weight is 407 g/mol. The number of hydrogen-bond donors (Lipinski definition) is 1. The first-order valence-corrected chi connectivity index (χ1v) is 8.76. The van der Waals surface area contributed by atoms with Crippen LogP contribution in [0.25, 0.3) is 6.08 Å². The highest BCUT2D eigenvalue weighted by atomic mass is 19.3. The molecule has 2 aromatic rings. The van der Waals surface area contributed by atoms with Crippen LogP contribution in [0.1, 0.15) is 11.1 Å². The average Bonchev–Trinajstić information content (AvgIpc) is 2.72. The molecule has 2 rings (SSSR count). The van der Waals surface area contributed by atoms with Crippen molar-refractivity contribution in [1.82, 2.24) is 5.32 Å². The summed E-state index contributed by atoms with van der Waals surface area (Å²) in [5.41, 5.74) is 1.55. The van der Waals surface area contributed by atoms with Gasteiger partial charge in [0.1, 0.15) is 11.5 Å². The van der Waals surface area contributed by atoms with Gasteiger partial charge in [-0.05, 0) is 42.3 Å². The molecule has 0 aromatic heterocycles. The van der Waals surface area contributed by atoms with Crippen molar-refractivity contribution >= 4 is 12.0 Å². The van der Waals surface area contributed by atoms with E-state index < -0.39 is 6.61 Å². The number of carbonyl (C=O) groups excluding carboxylic acids is 1. The molecule has 156 valence electrons. The minimum Gasteiger partial charge on any atom is -0.497 e. The van der Waals surface area contributed by atoms with Gasteiger partial charge in [-0.3, -0.25) is 4.79 Å². The number of amides is 1. The lowest BCUT2D eigenvalue weighted by Gasteiger charge is -2.11. The Balaban J connectivity index is 1.91. The highest BCUT2D eigenvalue weighted by Gasteiger charge is 2.11. The van der Waals surface area contributed by atoms with Crippen molar-refractivity contribution in [3.05, 3.63) is 53.6 Å². The summed E-state index contributed by atoms with van der Waals surface area (Å²) in [5, 5.41) is 2.76. The summed E-state index contributed by atoms with van der Waals surface area (Å²) in [6.07, 6.45) is 3.55. The lowest BCUT2D eigenvalue weighted by molar-refractivity contribution is -0.116. The van der Waals surface area contributed by atoms with Crippen LogP contribution >= 0.6 is 0 Å². The fourth-order valence-electron chi connectivity index (χ4n) is 2.57. The molecule has 0 bridgehead atoms. The van der Waals surface area contributed by atoms with Gasteiger partial charge in [0.2, 0.25) is 5.91 Å². The Hall–Kier alpha value is -3.29. The van der Waals surface area contributed by atoms with Crippen molar-refractivity contribution < 1.29 is 32.5 Å². The summed E-state index contributed by atoms with van der Waals surface area (Å²) in [6, 6.07) is 9.95. The molecule has 0 aliphatic rings. The van der Waals surface area contributed by atoms with Crippen LogP contribution in [0.15, 0.2) is 42.5 Å². The SMILES string of the molecule is COc1ccc(/C=C/C(=O)NCCc2ccc(OC(F)F)c(OC)c2)c(OC)c1. The van der Waals surface area contributed by atoms with Crippen molar-refractivity contribution in [2.24, 2.45) is 0 Å². The van der Waals surface area contributed by atoms with E-state index in [4.69, 9.17) is 14.2 Å². The van der Waals surface area contributed by atoms with E-state index in [0.717, 1.165) is 11.1 Å². The first kappa shape index (κ1) is 22.0. The van der Waals surface area contributed by atoms with E-state index >= 15 is 0 Å². The Morgan fingerprint density at radius 1 is 1.00 bits per heavy atom. The van der Waals surface area contributed by atoms with Crippen LogP contribution in [-0.2, 0) is 11.2 Å². The van der Waals surface area contributed by atoms with Gasteiger partial charge >= 0.3 is 6.61 Å².